The van der Waals surface area contributed by atoms with Gasteiger partial charge in [-0.3, -0.25) is 4.79 Å². The number of amides is 1. The standard InChI is InChI=1S/C15H15BrN2O3/c1-4-6-13(11(2)16)17-14(19)10-18-8-5-7-12(9-18)15(20)21-3/h4-9H,1-2,10H2,3H3/p+1/b13-6+. The molecule has 1 aromatic heterocycles. The first-order chi connectivity index (χ1) is 9.97. The van der Waals surface area contributed by atoms with E-state index in [0.29, 0.717) is 15.7 Å². The largest absolute Gasteiger partial charge is 0.465 e. The van der Waals surface area contributed by atoms with Crippen molar-refractivity contribution in [2.24, 2.45) is 0 Å². The topological polar surface area (TPSA) is 59.3 Å². The van der Waals surface area contributed by atoms with E-state index in [1.54, 1.807) is 41.2 Å². The smallest absolute Gasteiger partial charge is 0.343 e. The van der Waals surface area contributed by atoms with Crippen molar-refractivity contribution in [2.45, 2.75) is 6.54 Å². The Kier molecular flexibility index (Phi) is 6.55. The number of esters is 1. The van der Waals surface area contributed by atoms with E-state index in [9.17, 15) is 9.59 Å². The van der Waals surface area contributed by atoms with E-state index in [2.05, 4.69) is 39.1 Å². The highest BCUT2D eigenvalue weighted by Gasteiger charge is 2.14. The number of nitrogens with one attached hydrogen (secondary N) is 1. The third-order valence-corrected chi connectivity index (χ3v) is 2.88. The van der Waals surface area contributed by atoms with Crippen LogP contribution in [0.1, 0.15) is 10.4 Å². The summed E-state index contributed by atoms with van der Waals surface area (Å²) < 4.78 is 6.77. The van der Waals surface area contributed by atoms with Gasteiger partial charge in [-0.05, 0) is 28.1 Å². The minimum atomic E-state index is -0.453. The molecule has 0 aliphatic carbocycles. The third-order valence-electron chi connectivity index (χ3n) is 2.46. The number of pyridine rings is 1. The first kappa shape index (κ1) is 16.8. The van der Waals surface area contributed by atoms with E-state index in [1.165, 1.54) is 7.11 Å². The Labute approximate surface area is 131 Å². The molecule has 21 heavy (non-hydrogen) atoms. The number of halogens is 1. The Hall–Kier alpha value is -2.21. The summed E-state index contributed by atoms with van der Waals surface area (Å²) in [4.78, 5) is 23.4. The monoisotopic (exact) mass is 351 g/mol. The van der Waals surface area contributed by atoms with Gasteiger partial charge in [-0.25, -0.2) is 4.79 Å². The second kappa shape index (κ2) is 8.16. The van der Waals surface area contributed by atoms with Crippen molar-refractivity contribution in [3.8, 4) is 0 Å². The second-order valence-corrected chi connectivity index (χ2v) is 4.98. The molecule has 0 fully saturated rings. The predicted octanol–water partition coefficient (Wildman–Crippen LogP) is 1.86. The fraction of sp³-hybridized carbons (Fsp3) is 0.133. The van der Waals surface area contributed by atoms with Crippen molar-refractivity contribution in [3.05, 3.63) is 65.6 Å². The SMILES string of the molecule is C=C/C=C(/NC(=O)C[n+]1cccc(C(=O)OC)c1)C(=C)Br. The molecular formula is C15H16BrN2O3+. The number of allylic oxidation sites excluding steroid dienone is 3. The molecule has 1 rings (SSSR count). The summed E-state index contributed by atoms with van der Waals surface area (Å²) in [6, 6.07) is 3.28. The molecule has 6 heteroatoms. The van der Waals surface area contributed by atoms with Crippen LogP contribution in [-0.4, -0.2) is 19.0 Å². The van der Waals surface area contributed by atoms with Gasteiger partial charge in [0.15, 0.2) is 12.4 Å². The number of nitrogens with zero attached hydrogens (tertiary/aromatic N) is 1. The predicted molar refractivity (Wildman–Crippen MR) is 82.5 cm³/mol. The van der Waals surface area contributed by atoms with Crippen LogP contribution >= 0.6 is 15.9 Å². The molecule has 0 aliphatic rings. The average Bonchev–Trinajstić information content (AvgIpc) is 2.46. The second-order valence-electron chi connectivity index (χ2n) is 4.03. The lowest BCUT2D eigenvalue weighted by atomic mass is 10.3. The van der Waals surface area contributed by atoms with E-state index in [1.807, 2.05) is 0 Å². The molecule has 0 radical (unpaired) electrons. The fourth-order valence-electron chi connectivity index (χ4n) is 1.53. The number of methoxy groups -OCH3 is 1. The first-order valence-electron chi connectivity index (χ1n) is 6.02. The fourth-order valence-corrected chi connectivity index (χ4v) is 1.76. The molecule has 5 nitrogen and oxygen atoms in total. The van der Waals surface area contributed by atoms with Gasteiger partial charge in [0.2, 0.25) is 6.54 Å². The number of aromatic nitrogens is 1. The summed E-state index contributed by atoms with van der Waals surface area (Å²) in [6.45, 7) is 7.32. The molecule has 1 N–H and O–H groups in total. The number of carbonyl (C=O) groups is 2. The molecule has 0 atom stereocenters. The first-order valence-corrected chi connectivity index (χ1v) is 6.82. The molecule has 0 unspecified atom stereocenters. The highest BCUT2D eigenvalue weighted by atomic mass is 79.9. The summed E-state index contributed by atoms with van der Waals surface area (Å²) in [7, 11) is 1.31. The van der Waals surface area contributed by atoms with Crippen molar-refractivity contribution < 1.29 is 18.9 Å². The number of ether oxygens (including phenoxy) is 1. The van der Waals surface area contributed by atoms with Gasteiger partial charge in [0.05, 0.1) is 12.8 Å². The number of hydrogen-bond donors (Lipinski definition) is 1. The number of rotatable bonds is 6. The Bertz CT molecular complexity index is 609. The highest BCUT2D eigenvalue weighted by molar-refractivity contribution is 9.11. The summed E-state index contributed by atoms with van der Waals surface area (Å²) >= 11 is 3.20. The quantitative estimate of drug-likeness (QED) is 0.483. The van der Waals surface area contributed by atoms with Gasteiger partial charge >= 0.3 is 5.97 Å². The van der Waals surface area contributed by atoms with Crippen LogP contribution in [0.5, 0.6) is 0 Å². The molecule has 1 heterocycles. The molecule has 0 aliphatic heterocycles. The van der Waals surface area contributed by atoms with Crippen molar-refractivity contribution >= 4 is 27.8 Å². The zero-order valence-corrected chi connectivity index (χ0v) is 13.2. The van der Waals surface area contributed by atoms with Crippen LogP contribution in [0.15, 0.2) is 60.0 Å². The van der Waals surface area contributed by atoms with Crippen molar-refractivity contribution in [1.29, 1.82) is 0 Å². The lowest BCUT2D eigenvalue weighted by molar-refractivity contribution is -0.684. The van der Waals surface area contributed by atoms with Crippen LogP contribution in [0.4, 0.5) is 0 Å². The summed E-state index contributed by atoms with van der Waals surface area (Å²) in [5.74, 6) is -0.707. The lowest BCUT2D eigenvalue weighted by Gasteiger charge is -2.06. The van der Waals surface area contributed by atoms with Crippen LogP contribution in [-0.2, 0) is 16.1 Å². The number of hydrogen-bond acceptors (Lipinski definition) is 3. The maximum absolute atomic E-state index is 12.0. The molecule has 1 aromatic rings. The zero-order valence-electron chi connectivity index (χ0n) is 11.6. The lowest BCUT2D eigenvalue weighted by Crippen LogP contribution is -2.42. The van der Waals surface area contributed by atoms with E-state index < -0.39 is 5.97 Å². The maximum Gasteiger partial charge on any atom is 0.343 e. The Morgan fingerprint density at radius 3 is 2.81 bits per heavy atom. The van der Waals surface area contributed by atoms with E-state index in [4.69, 9.17) is 0 Å². The molecular weight excluding hydrogens is 336 g/mol. The van der Waals surface area contributed by atoms with Gasteiger partial charge in [-0.15, -0.1) is 0 Å². The Balaban J connectivity index is 2.79. The van der Waals surface area contributed by atoms with Crippen molar-refractivity contribution in [3.63, 3.8) is 0 Å². The van der Waals surface area contributed by atoms with Gasteiger partial charge < -0.3 is 10.1 Å². The van der Waals surface area contributed by atoms with Crippen LogP contribution in [0.25, 0.3) is 0 Å². The van der Waals surface area contributed by atoms with Crippen LogP contribution < -0.4 is 9.88 Å². The van der Waals surface area contributed by atoms with Gasteiger partial charge in [0.1, 0.15) is 5.56 Å². The molecule has 0 saturated heterocycles. The molecule has 110 valence electrons. The average molecular weight is 352 g/mol. The molecule has 0 bridgehead atoms. The molecule has 0 saturated carbocycles. The molecule has 0 aromatic carbocycles. The minimum Gasteiger partial charge on any atom is -0.465 e. The van der Waals surface area contributed by atoms with Gasteiger partial charge in [0, 0.05) is 10.5 Å². The molecule has 0 spiro atoms. The van der Waals surface area contributed by atoms with Crippen LogP contribution in [0.2, 0.25) is 0 Å². The Morgan fingerprint density at radius 1 is 1.52 bits per heavy atom. The van der Waals surface area contributed by atoms with Gasteiger partial charge in [-0.2, -0.15) is 4.57 Å². The highest BCUT2D eigenvalue weighted by Crippen LogP contribution is 2.11. The van der Waals surface area contributed by atoms with Gasteiger partial charge in [0.25, 0.3) is 5.91 Å². The molecule has 1 amide bonds. The zero-order chi connectivity index (χ0) is 15.8. The van der Waals surface area contributed by atoms with E-state index in [-0.39, 0.29) is 12.5 Å². The van der Waals surface area contributed by atoms with Crippen LogP contribution in [0, 0.1) is 0 Å². The maximum atomic E-state index is 12.0. The summed E-state index contributed by atoms with van der Waals surface area (Å²) in [5.41, 5.74) is 0.902. The van der Waals surface area contributed by atoms with Crippen molar-refractivity contribution in [2.75, 3.05) is 7.11 Å². The van der Waals surface area contributed by atoms with E-state index in [0.717, 1.165) is 0 Å². The third kappa shape index (κ3) is 5.35. The normalized spacial score (nSPS) is 10.7. The minimum absolute atomic E-state index is 0.0552. The van der Waals surface area contributed by atoms with Crippen molar-refractivity contribution in [1.82, 2.24) is 5.32 Å². The summed E-state index contributed by atoms with van der Waals surface area (Å²) in [6.07, 6.45) is 6.41. The Morgan fingerprint density at radius 2 is 2.24 bits per heavy atom. The summed E-state index contributed by atoms with van der Waals surface area (Å²) in [5, 5.41) is 2.70. The number of carbonyl (C=O) groups excluding carboxylic acids is 2. The van der Waals surface area contributed by atoms with Crippen LogP contribution in [0.3, 0.4) is 0 Å². The van der Waals surface area contributed by atoms with Gasteiger partial charge in [-0.1, -0.05) is 19.2 Å². The van der Waals surface area contributed by atoms with E-state index >= 15 is 0 Å².